The van der Waals surface area contributed by atoms with Crippen molar-refractivity contribution in [3.63, 3.8) is 0 Å². The van der Waals surface area contributed by atoms with Gasteiger partial charge in [0.2, 0.25) is 0 Å². The van der Waals surface area contributed by atoms with Crippen LogP contribution in [0.15, 0.2) is 6.07 Å². The average Bonchev–Trinajstić information content (AvgIpc) is 2.82. The predicted molar refractivity (Wildman–Crippen MR) is 125 cm³/mol. The van der Waals surface area contributed by atoms with E-state index in [9.17, 15) is 22.7 Å². The Morgan fingerprint density at radius 3 is 2.06 bits per heavy atom. The summed E-state index contributed by atoms with van der Waals surface area (Å²) in [6.45, 7) is 3.54. The van der Waals surface area contributed by atoms with Crippen molar-refractivity contribution < 1.29 is 27.4 Å². The molecule has 2 nitrogen and oxygen atoms in total. The second kappa shape index (κ2) is 10.8. The van der Waals surface area contributed by atoms with E-state index in [2.05, 4.69) is 6.92 Å². The molecule has 1 aliphatic heterocycles. The number of halogens is 4. The molecular weight excluding hydrogens is 444 g/mol. The number of ether oxygens (including phenoxy) is 1. The van der Waals surface area contributed by atoms with Gasteiger partial charge in [-0.3, -0.25) is 0 Å². The van der Waals surface area contributed by atoms with Gasteiger partial charge in [0.15, 0.2) is 11.6 Å². The first-order chi connectivity index (χ1) is 16.2. The van der Waals surface area contributed by atoms with Crippen LogP contribution in [0.25, 0.3) is 0 Å². The normalized spacial score (nSPS) is 31.0. The van der Waals surface area contributed by atoms with Gasteiger partial charge >= 0.3 is 6.18 Å². The lowest BCUT2D eigenvalue weighted by molar-refractivity contribution is -0.141. The molecule has 0 saturated heterocycles. The minimum absolute atomic E-state index is 0.248. The maximum Gasteiger partial charge on any atom is 0.419 e. The van der Waals surface area contributed by atoms with Gasteiger partial charge in [0.25, 0.3) is 0 Å². The van der Waals surface area contributed by atoms with Crippen molar-refractivity contribution in [2.75, 3.05) is 0 Å². The fraction of sp³-hybridized carbons (Fsp3) is 0.786. The topological polar surface area (TPSA) is 29.5 Å². The van der Waals surface area contributed by atoms with Crippen LogP contribution in [-0.2, 0) is 12.6 Å². The largest absolute Gasteiger partial charge is 0.487 e. The van der Waals surface area contributed by atoms with Crippen molar-refractivity contribution in [1.29, 1.82) is 0 Å². The molecule has 192 valence electrons. The number of alkyl halides is 3. The highest BCUT2D eigenvalue weighted by molar-refractivity contribution is 5.47. The highest BCUT2D eigenvalue weighted by atomic mass is 19.4. The summed E-state index contributed by atoms with van der Waals surface area (Å²) >= 11 is 0. The van der Waals surface area contributed by atoms with Crippen LogP contribution >= 0.6 is 0 Å². The summed E-state index contributed by atoms with van der Waals surface area (Å²) in [5, 5.41) is 9.79. The smallest absolute Gasteiger partial charge is 0.419 e. The van der Waals surface area contributed by atoms with Crippen molar-refractivity contribution in [2.45, 2.75) is 116 Å². The number of hydrogen-bond donors (Lipinski definition) is 1. The van der Waals surface area contributed by atoms with Crippen molar-refractivity contribution >= 4 is 0 Å². The zero-order valence-electron chi connectivity index (χ0n) is 20.6. The van der Waals surface area contributed by atoms with Crippen LogP contribution in [0, 0.1) is 29.5 Å². The fourth-order valence-corrected chi connectivity index (χ4v) is 6.82. The van der Waals surface area contributed by atoms with Crippen LogP contribution in [0.5, 0.6) is 5.75 Å². The first-order valence-electron chi connectivity index (χ1n) is 13.4. The van der Waals surface area contributed by atoms with Gasteiger partial charge in [-0.1, -0.05) is 39.0 Å². The van der Waals surface area contributed by atoms with E-state index in [-0.39, 0.29) is 11.9 Å². The number of aliphatic hydroxyl groups is 1. The van der Waals surface area contributed by atoms with Gasteiger partial charge in [-0.2, -0.15) is 13.2 Å². The lowest BCUT2D eigenvalue weighted by Gasteiger charge is -2.38. The molecule has 0 bridgehead atoms. The lowest BCUT2D eigenvalue weighted by Crippen LogP contribution is -2.28. The van der Waals surface area contributed by atoms with E-state index in [1.165, 1.54) is 70.8 Å². The summed E-state index contributed by atoms with van der Waals surface area (Å²) in [5.74, 6) is 1.71. The van der Waals surface area contributed by atoms with Crippen LogP contribution < -0.4 is 4.74 Å². The molecule has 4 rings (SSSR count). The zero-order chi connectivity index (χ0) is 24.5. The second-order valence-electron chi connectivity index (χ2n) is 11.1. The highest BCUT2D eigenvalue weighted by Crippen LogP contribution is 2.45. The van der Waals surface area contributed by atoms with E-state index in [4.69, 9.17) is 4.74 Å². The van der Waals surface area contributed by atoms with Gasteiger partial charge in [-0.05, 0) is 99.2 Å². The molecule has 0 radical (unpaired) electrons. The monoisotopic (exact) mass is 484 g/mol. The van der Waals surface area contributed by atoms with Gasteiger partial charge in [-0.25, -0.2) is 4.39 Å². The molecule has 0 aromatic heterocycles. The summed E-state index contributed by atoms with van der Waals surface area (Å²) in [6, 6.07) is 1.28. The molecule has 3 aliphatic rings. The second-order valence-corrected chi connectivity index (χ2v) is 11.1. The standard InChI is InChI=1S/C28H40F4O2/c1-3-18-4-9-20(10-5-18)21-11-6-19(7-12-21)8-14-23-15-13-22-16-24(17(2)33)25(28(30,31)32)26(29)27(22)34-23/h16-21,23,33H,3-15H2,1-2H3. The van der Waals surface area contributed by atoms with Gasteiger partial charge in [0.05, 0.1) is 12.2 Å². The fourth-order valence-electron chi connectivity index (χ4n) is 6.82. The molecule has 1 N–H and O–H groups in total. The molecule has 1 aromatic rings. The van der Waals surface area contributed by atoms with E-state index in [1.807, 2.05) is 0 Å². The lowest BCUT2D eigenvalue weighted by atomic mass is 9.68. The number of benzene rings is 1. The van der Waals surface area contributed by atoms with Gasteiger partial charge in [0.1, 0.15) is 5.56 Å². The van der Waals surface area contributed by atoms with Gasteiger partial charge in [-0.15, -0.1) is 0 Å². The Labute approximate surface area is 201 Å². The van der Waals surface area contributed by atoms with E-state index in [0.29, 0.717) is 24.3 Å². The van der Waals surface area contributed by atoms with Crippen LogP contribution in [0.1, 0.15) is 114 Å². The van der Waals surface area contributed by atoms with E-state index < -0.39 is 29.2 Å². The molecule has 2 aliphatic carbocycles. The molecule has 34 heavy (non-hydrogen) atoms. The van der Waals surface area contributed by atoms with Crippen molar-refractivity contribution in [3.8, 4) is 5.75 Å². The Bertz CT molecular complexity index is 819. The Hall–Kier alpha value is -1.30. The summed E-state index contributed by atoms with van der Waals surface area (Å²) in [7, 11) is 0. The molecule has 1 heterocycles. The predicted octanol–water partition coefficient (Wildman–Crippen LogP) is 8.39. The molecule has 0 amide bonds. The maximum absolute atomic E-state index is 14.9. The number of aliphatic hydroxyl groups excluding tert-OH is 1. The van der Waals surface area contributed by atoms with E-state index in [0.717, 1.165) is 30.6 Å². The SMILES string of the molecule is CCC1CCC(C2CCC(CCC3CCc4cc(C(C)O)c(C(F)(F)F)c(F)c4O3)CC2)CC1. The molecule has 2 unspecified atom stereocenters. The van der Waals surface area contributed by atoms with Gasteiger partial charge < -0.3 is 9.84 Å². The number of fused-ring (bicyclic) bond motifs is 1. The molecule has 2 saturated carbocycles. The molecule has 2 atom stereocenters. The number of rotatable bonds is 6. The first kappa shape index (κ1) is 25.8. The van der Waals surface area contributed by atoms with Crippen molar-refractivity contribution in [1.82, 2.24) is 0 Å². The summed E-state index contributed by atoms with van der Waals surface area (Å²) in [6.07, 6.45) is 8.33. The van der Waals surface area contributed by atoms with Gasteiger partial charge in [0, 0.05) is 0 Å². The third-order valence-electron chi connectivity index (χ3n) is 9.01. The summed E-state index contributed by atoms with van der Waals surface area (Å²) in [5.41, 5.74) is -1.38. The summed E-state index contributed by atoms with van der Waals surface area (Å²) in [4.78, 5) is 0. The Kier molecular flexibility index (Phi) is 8.16. The molecular formula is C28H40F4O2. The molecule has 2 fully saturated rings. The minimum Gasteiger partial charge on any atom is -0.487 e. The molecule has 0 spiro atoms. The number of aryl methyl sites for hydroxylation is 1. The van der Waals surface area contributed by atoms with Crippen LogP contribution in [0.2, 0.25) is 0 Å². The quantitative estimate of drug-likeness (QED) is 0.411. The average molecular weight is 485 g/mol. The third kappa shape index (κ3) is 5.74. The van der Waals surface area contributed by atoms with Crippen LogP contribution in [0.4, 0.5) is 17.6 Å². The minimum atomic E-state index is -4.88. The Morgan fingerprint density at radius 2 is 1.53 bits per heavy atom. The van der Waals surface area contributed by atoms with E-state index in [1.54, 1.807) is 0 Å². The number of hydrogen-bond acceptors (Lipinski definition) is 2. The summed E-state index contributed by atoms with van der Waals surface area (Å²) < 4.78 is 61.3. The Balaban J connectivity index is 1.31. The maximum atomic E-state index is 14.9. The highest BCUT2D eigenvalue weighted by Gasteiger charge is 2.41. The third-order valence-corrected chi connectivity index (χ3v) is 9.01. The van der Waals surface area contributed by atoms with Crippen LogP contribution in [-0.4, -0.2) is 11.2 Å². The Morgan fingerprint density at radius 1 is 0.941 bits per heavy atom. The van der Waals surface area contributed by atoms with Crippen molar-refractivity contribution in [3.05, 3.63) is 28.6 Å². The zero-order valence-corrected chi connectivity index (χ0v) is 20.6. The van der Waals surface area contributed by atoms with Crippen LogP contribution in [0.3, 0.4) is 0 Å². The molecule has 1 aromatic carbocycles. The van der Waals surface area contributed by atoms with Crippen molar-refractivity contribution in [2.24, 2.45) is 23.7 Å². The van der Waals surface area contributed by atoms with E-state index >= 15 is 0 Å². The first-order valence-corrected chi connectivity index (χ1v) is 13.4. The molecule has 6 heteroatoms.